The van der Waals surface area contributed by atoms with E-state index in [1.165, 1.54) is 5.56 Å². The van der Waals surface area contributed by atoms with Crippen molar-refractivity contribution in [3.05, 3.63) is 52.1 Å². The molecule has 11 heavy (non-hydrogen) atoms. The van der Waals surface area contributed by atoms with Gasteiger partial charge in [0.15, 0.2) is 0 Å². The van der Waals surface area contributed by atoms with Crippen LogP contribution in [-0.2, 0) is 0 Å². The lowest BCUT2D eigenvalue weighted by atomic mass is 10.2. The summed E-state index contributed by atoms with van der Waals surface area (Å²) in [6.07, 6.45) is 4.05. The molecular weight excluding hydrogens is 247 g/mol. The van der Waals surface area contributed by atoms with Crippen LogP contribution in [0.4, 0.5) is 0 Å². The number of halogens is 1. The topological polar surface area (TPSA) is 0 Å². The third-order valence-corrected chi connectivity index (χ3v) is 1.62. The molecular formula is C10H9I. The Morgan fingerprint density at radius 3 is 2.45 bits per heavy atom. The van der Waals surface area contributed by atoms with Gasteiger partial charge in [0.1, 0.15) is 0 Å². The van der Waals surface area contributed by atoms with Gasteiger partial charge in [-0.3, -0.25) is 0 Å². The average Bonchev–Trinajstić information content (AvgIpc) is 2.03. The lowest BCUT2D eigenvalue weighted by Gasteiger charge is -1.89. The molecule has 0 amide bonds. The van der Waals surface area contributed by atoms with Crippen molar-refractivity contribution in [3.8, 4) is 0 Å². The van der Waals surface area contributed by atoms with E-state index in [2.05, 4.69) is 47.4 Å². The van der Waals surface area contributed by atoms with Crippen LogP contribution in [0, 0.1) is 0 Å². The first-order valence-corrected chi connectivity index (χ1v) is 4.44. The first kappa shape index (κ1) is 8.53. The molecule has 0 heterocycles. The number of hydrogen-bond acceptors (Lipinski definition) is 0. The highest BCUT2D eigenvalue weighted by atomic mass is 127. The Kier molecular flexibility index (Phi) is 3.36. The van der Waals surface area contributed by atoms with E-state index >= 15 is 0 Å². The van der Waals surface area contributed by atoms with E-state index in [0.29, 0.717) is 0 Å². The lowest BCUT2D eigenvalue weighted by molar-refractivity contribution is 1.66. The molecule has 1 heteroatoms. The number of hydrogen-bond donors (Lipinski definition) is 0. The van der Waals surface area contributed by atoms with E-state index in [1.54, 1.807) is 0 Å². The Labute approximate surface area is 80.8 Å². The second-order valence-electron chi connectivity index (χ2n) is 2.19. The van der Waals surface area contributed by atoms with Gasteiger partial charge in [0.2, 0.25) is 0 Å². The van der Waals surface area contributed by atoms with Gasteiger partial charge in [-0.15, -0.1) is 0 Å². The minimum atomic E-state index is 1.05. The van der Waals surface area contributed by atoms with E-state index in [-0.39, 0.29) is 0 Å². The molecule has 1 rings (SSSR count). The van der Waals surface area contributed by atoms with Crippen LogP contribution in [0.2, 0.25) is 0 Å². The molecule has 0 aliphatic rings. The van der Waals surface area contributed by atoms with Gasteiger partial charge < -0.3 is 0 Å². The Morgan fingerprint density at radius 1 is 1.27 bits per heavy atom. The van der Waals surface area contributed by atoms with Crippen molar-refractivity contribution in [2.24, 2.45) is 0 Å². The maximum absolute atomic E-state index is 3.77. The van der Waals surface area contributed by atoms with Crippen molar-refractivity contribution in [1.82, 2.24) is 0 Å². The highest BCUT2D eigenvalue weighted by Gasteiger charge is 1.81. The Morgan fingerprint density at radius 2 is 1.91 bits per heavy atom. The minimum absolute atomic E-state index is 1.05. The Hall–Kier alpha value is -0.570. The molecule has 0 unspecified atom stereocenters. The summed E-state index contributed by atoms with van der Waals surface area (Å²) in [6.45, 7) is 3.77. The van der Waals surface area contributed by atoms with Crippen LogP contribution in [0.25, 0.3) is 6.08 Å². The zero-order valence-corrected chi connectivity index (χ0v) is 8.28. The molecule has 0 radical (unpaired) electrons. The summed E-state index contributed by atoms with van der Waals surface area (Å²) in [6, 6.07) is 10.2. The zero-order chi connectivity index (χ0) is 8.10. The first-order valence-electron chi connectivity index (χ1n) is 3.36. The van der Waals surface area contributed by atoms with Crippen LogP contribution in [0.15, 0.2) is 46.6 Å². The van der Waals surface area contributed by atoms with Gasteiger partial charge in [0.25, 0.3) is 0 Å². The van der Waals surface area contributed by atoms with E-state index in [1.807, 2.05) is 24.3 Å². The molecule has 0 saturated heterocycles. The molecule has 0 saturated carbocycles. The fourth-order valence-electron chi connectivity index (χ4n) is 0.751. The van der Waals surface area contributed by atoms with E-state index in [0.717, 1.165) is 3.58 Å². The molecule has 0 aliphatic heterocycles. The molecule has 1 aromatic carbocycles. The third-order valence-electron chi connectivity index (χ3n) is 1.26. The van der Waals surface area contributed by atoms with Crippen LogP contribution >= 0.6 is 22.6 Å². The molecule has 0 aromatic heterocycles. The smallest absolute Gasteiger partial charge is 0.00581 e. The summed E-state index contributed by atoms with van der Waals surface area (Å²) < 4.78 is 1.05. The largest absolute Gasteiger partial charge is 0.0856 e. The van der Waals surface area contributed by atoms with E-state index in [9.17, 15) is 0 Å². The van der Waals surface area contributed by atoms with Crippen molar-refractivity contribution < 1.29 is 0 Å². The predicted molar refractivity (Wildman–Crippen MR) is 58.6 cm³/mol. The third kappa shape index (κ3) is 3.37. The average molecular weight is 256 g/mol. The van der Waals surface area contributed by atoms with Crippen molar-refractivity contribution >= 4 is 28.7 Å². The zero-order valence-electron chi connectivity index (χ0n) is 6.13. The molecule has 56 valence electrons. The van der Waals surface area contributed by atoms with Crippen LogP contribution in [0.1, 0.15) is 5.56 Å². The van der Waals surface area contributed by atoms with Gasteiger partial charge in [-0.25, -0.2) is 0 Å². The second kappa shape index (κ2) is 4.34. The van der Waals surface area contributed by atoms with Gasteiger partial charge in [0.05, 0.1) is 0 Å². The summed E-state index contributed by atoms with van der Waals surface area (Å²) in [5.41, 5.74) is 1.21. The molecule has 0 nitrogen and oxygen atoms in total. The normalized spacial score (nSPS) is 10.3. The first-order chi connectivity index (χ1) is 5.29. The quantitative estimate of drug-likeness (QED) is 0.559. The summed E-state index contributed by atoms with van der Waals surface area (Å²) >= 11 is 2.19. The fourth-order valence-corrected chi connectivity index (χ4v) is 0.931. The maximum Gasteiger partial charge on any atom is 0.00581 e. The standard InChI is InChI=1S/C10H9I/c1-9(11)7-8-10-5-3-2-4-6-10/h2-8H,1H2/b8-7+. The van der Waals surface area contributed by atoms with Gasteiger partial charge in [-0.05, 0) is 34.2 Å². The van der Waals surface area contributed by atoms with Crippen molar-refractivity contribution in [2.45, 2.75) is 0 Å². The number of allylic oxidation sites excluding steroid dienone is 2. The summed E-state index contributed by atoms with van der Waals surface area (Å²) in [4.78, 5) is 0. The Bertz CT molecular complexity index is 259. The molecule has 0 atom stereocenters. The predicted octanol–water partition coefficient (Wildman–Crippen LogP) is 3.65. The number of rotatable bonds is 2. The number of benzene rings is 1. The Balaban J connectivity index is 2.72. The molecule has 0 aliphatic carbocycles. The lowest BCUT2D eigenvalue weighted by Crippen LogP contribution is -1.67. The van der Waals surface area contributed by atoms with Crippen LogP contribution in [0.3, 0.4) is 0 Å². The highest BCUT2D eigenvalue weighted by Crippen LogP contribution is 2.07. The van der Waals surface area contributed by atoms with E-state index < -0.39 is 0 Å². The van der Waals surface area contributed by atoms with Crippen LogP contribution in [0.5, 0.6) is 0 Å². The van der Waals surface area contributed by atoms with Crippen LogP contribution < -0.4 is 0 Å². The molecule has 1 aromatic rings. The second-order valence-corrected chi connectivity index (χ2v) is 3.58. The van der Waals surface area contributed by atoms with E-state index in [4.69, 9.17) is 0 Å². The van der Waals surface area contributed by atoms with Crippen molar-refractivity contribution in [1.29, 1.82) is 0 Å². The summed E-state index contributed by atoms with van der Waals surface area (Å²) in [5.74, 6) is 0. The van der Waals surface area contributed by atoms with Crippen molar-refractivity contribution in [3.63, 3.8) is 0 Å². The maximum atomic E-state index is 3.77. The fraction of sp³-hybridized carbons (Fsp3) is 0. The van der Waals surface area contributed by atoms with Gasteiger partial charge in [0, 0.05) is 3.58 Å². The highest BCUT2D eigenvalue weighted by molar-refractivity contribution is 14.1. The monoisotopic (exact) mass is 256 g/mol. The summed E-state index contributed by atoms with van der Waals surface area (Å²) in [5, 5.41) is 0. The molecule has 0 bridgehead atoms. The van der Waals surface area contributed by atoms with Crippen molar-refractivity contribution in [2.75, 3.05) is 0 Å². The van der Waals surface area contributed by atoms with Gasteiger partial charge in [-0.2, -0.15) is 0 Å². The minimum Gasteiger partial charge on any atom is -0.0856 e. The molecule has 0 N–H and O–H groups in total. The van der Waals surface area contributed by atoms with Gasteiger partial charge >= 0.3 is 0 Å². The molecule has 0 spiro atoms. The molecule has 0 fully saturated rings. The van der Waals surface area contributed by atoms with Gasteiger partial charge in [-0.1, -0.05) is 43.0 Å². The SMILES string of the molecule is C=C(I)/C=C/c1ccccc1. The van der Waals surface area contributed by atoms with Crippen LogP contribution in [-0.4, -0.2) is 0 Å². The summed E-state index contributed by atoms with van der Waals surface area (Å²) in [7, 11) is 0.